The van der Waals surface area contributed by atoms with Crippen LogP contribution in [-0.2, 0) is 14.8 Å². The normalized spacial score (nSPS) is 19.4. The van der Waals surface area contributed by atoms with Gasteiger partial charge in [-0.3, -0.25) is 0 Å². The summed E-state index contributed by atoms with van der Waals surface area (Å²) in [5.74, 6) is -1.64. The number of carbonyl (C=O) groups excluding carboxylic acids is 1. The van der Waals surface area contributed by atoms with Gasteiger partial charge in [-0.2, -0.15) is 4.31 Å². The number of sulfonamides is 1. The summed E-state index contributed by atoms with van der Waals surface area (Å²) >= 11 is 0. The molecule has 0 radical (unpaired) electrons. The van der Waals surface area contributed by atoms with Crippen molar-refractivity contribution in [2.24, 2.45) is 5.92 Å². The predicted octanol–water partition coefficient (Wildman–Crippen LogP) is -0.236. The molecule has 2 aromatic rings. The second-order valence-electron chi connectivity index (χ2n) is 7.28. The Balaban J connectivity index is 0.00000341. The van der Waals surface area contributed by atoms with Crippen LogP contribution < -0.4 is 34.7 Å². The average Bonchev–Trinajstić information content (AvgIpc) is 3.12. The zero-order valence-electron chi connectivity index (χ0n) is 17.3. The zero-order chi connectivity index (χ0) is 21.7. The number of phenols is 1. The van der Waals surface area contributed by atoms with Gasteiger partial charge in [-0.15, -0.1) is 0 Å². The minimum Gasteiger partial charge on any atom is -0.550 e. The van der Waals surface area contributed by atoms with E-state index in [0.717, 1.165) is 12.1 Å². The van der Waals surface area contributed by atoms with Gasteiger partial charge < -0.3 is 15.0 Å². The number of aromatic hydroxyl groups is 1. The first-order valence-corrected chi connectivity index (χ1v) is 11.1. The van der Waals surface area contributed by atoms with Gasteiger partial charge in [-0.05, 0) is 73.6 Å². The van der Waals surface area contributed by atoms with Crippen LogP contribution in [0.25, 0.3) is 0 Å². The molecule has 0 aromatic heterocycles. The Bertz CT molecular complexity index is 1030. The maximum atomic E-state index is 13.3. The van der Waals surface area contributed by atoms with Gasteiger partial charge in [0.25, 0.3) is 0 Å². The van der Waals surface area contributed by atoms with E-state index in [0.29, 0.717) is 24.8 Å². The SMILES string of the molecule is O=C([O-])CC/C=C\C[C@H]1CCN(S(=O)(=O)c2ccc(F)cc2)[C@@H]1c1cccc(O)c1.[Na+]. The molecule has 1 fully saturated rings. The maximum Gasteiger partial charge on any atom is 1.00 e. The summed E-state index contributed by atoms with van der Waals surface area (Å²) in [7, 11) is -3.87. The second-order valence-corrected chi connectivity index (χ2v) is 9.17. The van der Waals surface area contributed by atoms with Gasteiger partial charge >= 0.3 is 29.6 Å². The van der Waals surface area contributed by atoms with Crippen LogP contribution in [0.2, 0.25) is 0 Å². The van der Waals surface area contributed by atoms with E-state index in [1.165, 1.54) is 22.5 Å². The first-order valence-electron chi connectivity index (χ1n) is 9.70. The topological polar surface area (TPSA) is 97.7 Å². The van der Waals surface area contributed by atoms with Crippen molar-refractivity contribution in [1.29, 1.82) is 0 Å². The quantitative estimate of drug-likeness (QED) is 0.438. The number of halogens is 1. The first-order chi connectivity index (χ1) is 14.3. The molecule has 0 saturated carbocycles. The fourth-order valence-electron chi connectivity index (χ4n) is 3.82. The fourth-order valence-corrected chi connectivity index (χ4v) is 5.51. The van der Waals surface area contributed by atoms with Crippen LogP contribution >= 0.6 is 0 Å². The molecule has 2 aromatic carbocycles. The van der Waals surface area contributed by atoms with Gasteiger partial charge in [-0.25, -0.2) is 12.8 Å². The van der Waals surface area contributed by atoms with E-state index in [1.54, 1.807) is 24.3 Å². The van der Waals surface area contributed by atoms with Crippen LogP contribution in [0.5, 0.6) is 5.75 Å². The summed E-state index contributed by atoms with van der Waals surface area (Å²) in [6, 6.07) is 10.7. The largest absolute Gasteiger partial charge is 1.00 e. The Morgan fingerprint density at radius 2 is 1.90 bits per heavy atom. The van der Waals surface area contributed by atoms with Crippen molar-refractivity contribution in [3.05, 3.63) is 72.1 Å². The molecule has 0 amide bonds. The molecule has 9 heteroatoms. The molecule has 160 valence electrons. The van der Waals surface area contributed by atoms with E-state index in [-0.39, 0.29) is 59.1 Å². The molecular formula is C22H23FNNaO5S. The molecule has 1 saturated heterocycles. The van der Waals surface area contributed by atoms with Crippen molar-refractivity contribution in [2.75, 3.05) is 6.54 Å². The average molecular weight is 455 g/mol. The molecule has 1 aliphatic rings. The molecule has 1 aliphatic heterocycles. The summed E-state index contributed by atoms with van der Waals surface area (Å²) in [6.07, 6.45) is 5.06. The summed E-state index contributed by atoms with van der Waals surface area (Å²) < 4.78 is 41.2. The van der Waals surface area contributed by atoms with Crippen LogP contribution in [0, 0.1) is 11.7 Å². The van der Waals surface area contributed by atoms with Crippen molar-refractivity contribution in [3.8, 4) is 5.75 Å². The van der Waals surface area contributed by atoms with E-state index in [1.807, 2.05) is 6.08 Å². The van der Waals surface area contributed by atoms with Crippen molar-refractivity contribution in [1.82, 2.24) is 4.31 Å². The van der Waals surface area contributed by atoms with E-state index < -0.39 is 27.9 Å². The van der Waals surface area contributed by atoms with Crippen LogP contribution in [0.15, 0.2) is 65.6 Å². The van der Waals surface area contributed by atoms with E-state index in [9.17, 15) is 27.8 Å². The van der Waals surface area contributed by atoms with Gasteiger partial charge in [0.1, 0.15) is 11.6 Å². The monoisotopic (exact) mass is 455 g/mol. The summed E-state index contributed by atoms with van der Waals surface area (Å²) in [4.78, 5) is 10.5. The Morgan fingerprint density at radius 3 is 2.55 bits per heavy atom. The van der Waals surface area contributed by atoms with Gasteiger partial charge in [0.05, 0.1) is 10.9 Å². The molecule has 0 bridgehead atoms. The Kier molecular flexibility index (Phi) is 9.27. The molecule has 2 atom stereocenters. The summed E-state index contributed by atoms with van der Waals surface area (Å²) in [5, 5.41) is 20.4. The van der Waals surface area contributed by atoms with Crippen molar-refractivity contribution in [2.45, 2.75) is 36.6 Å². The number of phenolic OH excluding ortho intramolecular Hbond substituents is 1. The van der Waals surface area contributed by atoms with E-state index in [4.69, 9.17) is 0 Å². The number of hydrogen-bond acceptors (Lipinski definition) is 5. The Morgan fingerprint density at radius 1 is 1.19 bits per heavy atom. The molecule has 0 aliphatic carbocycles. The van der Waals surface area contributed by atoms with Crippen LogP contribution in [0.1, 0.15) is 37.3 Å². The Hall–Kier alpha value is -1.71. The van der Waals surface area contributed by atoms with Crippen molar-refractivity contribution < 1.29 is 57.4 Å². The molecule has 0 spiro atoms. The van der Waals surface area contributed by atoms with E-state index >= 15 is 0 Å². The number of carbonyl (C=O) groups is 1. The molecule has 0 unspecified atom stereocenters. The number of benzene rings is 2. The van der Waals surface area contributed by atoms with Gasteiger partial charge in [0.15, 0.2) is 0 Å². The first kappa shape index (κ1) is 25.5. The number of allylic oxidation sites excluding steroid dienone is 2. The third kappa shape index (κ3) is 6.40. The number of carboxylic acids is 1. The number of nitrogens with zero attached hydrogens (tertiary/aromatic N) is 1. The molecule has 3 rings (SSSR count). The van der Waals surface area contributed by atoms with Gasteiger partial charge in [-0.1, -0.05) is 24.3 Å². The number of aliphatic carboxylic acids is 1. The number of hydrogen-bond donors (Lipinski definition) is 1. The standard InChI is InChI=1S/C22H24FNO5S.Na/c23-18-9-11-20(12-10-18)30(28,29)24-14-13-16(5-2-1-3-8-21(26)27)22(24)17-6-4-7-19(25)15-17;/h1-2,4,6-7,9-12,15-16,22,25H,3,5,8,13-14H2,(H,26,27);/q;+1/p-1/b2-1-;/t16-,22-;/m0./s1. The van der Waals surface area contributed by atoms with Gasteiger partial charge in [0.2, 0.25) is 10.0 Å². The van der Waals surface area contributed by atoms with E-state index in [2.05, 4.69) is 0 Å². The van der Waals surface area contributed by atoms with Crippen molar-refractivity contribution in [3.63, 3.8) is 0 Å². The van der Waals surface area contributed by atoms with Crippen molar-refractivity contribution >= 4 is 16.0 Å². The summed E-state index contributed by atoms with van der Waals surface area (Å²) in [5.41, 5.74) is 0.673. The van der Waals surface area contributed by atoms with Crippen LogP contribution in [0.3, 0.4) is 0 Å². The third-order valence-corrected chi connectivity index (χ3v) is 7.12. The molecule has 31 heavy (non-hydrogen) atoms. The third-order valence-electron chi connectivity index (χ3n) is 5.23. The molecule has 1 heterocycles. The molecule has 1 N–H and O–H groups in total. The minimum atomic E-state index is -3.87. The van der Waals surface area contributed by atoms with Gasteiger partial charge in [0, 0.05) is 12.5 Å². The fraction of sp³-hybridized carbons (Fsp3) is 0.318. The predicted molar refractivity (Wildman–Crippen MR) is 107 cm³/mol. The maximum absolute atomic E-state index is 13.3. The van der Waals surface area contributed by atoms with Crippen LogP contribution in [-0.4, -0.2) is 30.3 Å². The molecular weight excluding hydrogens is 432 g/mol. The Labute approximate surface area is 203 Å². The van der Waals surface area contributed by atoms with Crippen LogP contribution in [0.4, 0.5) is 4.39 Å². The smallest absolute Gasteiger partial charge is 0.550 e. The number of rotatable bonds is 8. The zero-order valence-corrected chi connectivity index (χ0v) is 20.1. The second kappa shape index (κ2) is 11.2. The molecule has 6 nitrogen and oxygen atoms in total. The summed E-state index contributed by atoms with van der Waals surface area (Å²) in [6.45, 7) is 0.289. The minimum absolute atomic E-state index is 0. The number of carboxylic acid groups (broad SMARTS) is 1.